The van der Waals surface area contributed by atoms with Gasteiger partial charge in [0.2, 0.25) is 5.91 Å². The lowest BCUT2D eigenvalue weighted by atomic mass is 10.0. The van der Waals surface area contributed by atoms with Crippen LogP contribution in [0.25, 0.3) is 0 Å². The Morgan fingerprint density at radius 1 is 1.50 bits per heavy atom. The van der Waals surface area contributed by atoms with Crippen molar-refractivity contribution in [2.45, 2.75) is 32.2 Å². The van der Waals surface area contributed by atoms with Crippen molar-refractivity contribution in [3.63, 3.8) is 0 Å². The molecule has 0 atom stereocenters. The third-order valence-corrected chi connectivity index (χ3v) is 2.96. The number of carbonyl (C=O) groups excluding carboxylic acids is 1. The highest BCUT2D eigenvalue weighted by Crippen LogP contribution is 2.12. The van der Waals surface area contributed by atoms with E-state index in [1.165, 1.54) is 0 Å². The van der Waals surface area contributed by atoms with E-state index in [9.17, 15) is 4.79 Å². The van der Waals surface area contributed by atoms with Crippen LogP contribution in [0.5, 0.6) is 0 Å². The standard InChI is InChI=1S/C10H20N2OS/c1-2-12(10(13)5-8-14)9-3-6-11-7-4-9/h9,11,14H,2-8H2,1H3. The first-order valence-electron chi connectivity index (χ1n) is 5.40. The second-order valence-electron chi connectivity index (χ2n) is 3.63. The smallest absolute Gasteiger partial charge is 0.223 e. The Morgan fingerprint density at radius 3 is 2.64 bits per heavy atom. The number of thiol groups is 1. The molecule has 0 aromatic heterocycles. The topological polar surface area (TPSA) is 32.3 Å². The van der Waals surface area contributed by atoms with E-state index in [4.69, 9.17) is 0 Å². The number of hydrogen-bond acceptors (Lipinski definition) is 3. The maximum atomic E-state index is 11.7. The first-order valence-corrected chi connectivity index (χ1v) is 6.04. The number of nitrogens with zero attached hydrogens (tertiary/aromatic N) is 1. The molecule has 0 radical (unpaired) electrons. The van der Waals surface area contributed by atoms with Gasteiger partial charge in [-0.15, -0.1) is 0 Å². The molecule has 1 saturated heterocycles. The molecular weight excluding hydrogens is 196 g/mol. The Hall–Kier alpha value is -0.220. The van der Waals surface area contributed by atoms with Gasteiger partial charge in [0.15, 0.2) is 0 Å². The molecule has 1 fully saturated rings. The summed E-state index contributed by atoms with van der Waals surface area (Å²) in [5, 5.41) is 3.31. The van der Waals surface area contributed by atoms with Gasteiger partial charge < -0.3 is 10.2 Å². The Balaban J connectivity index is 2.46. The molecule has 1 heterocycles. The van der Waals surface area contributed by atoms with Crippen molar-refractivity contribution in [3.8, 4) is 0 Å². The second-order valence-corrected chi connectivity index (χ2v) is 4.08. The third-order valence-electron chi connectivity index (χ3n) is 2.74. The molecule has 1 amide bonds. The summed E-state index contributed by atoms with van der Waals surface area (Å²) in [5.74, 6) is 0.912. The predicted octanol–water partition coefficient (Wildman–Crippen LogP) is 0.907. The molecule has 0 aromatic carbocycles. The summed E-state index contributed by atoms with van der Waals surface area (Å²) in [6.07, 6.45) is 2.75. The van der Waals surface area contributed by atoms with Crippen molar-refractivity contribution >= 4 is 18.5 Å². The highest BCUT2D eigenvalue weighted by molar-refractivity contribution is 7.80. The van der Waals surface area contributed by atoms with Crippen LogP contribution in [-0.2, 0) is 4.79 Å². The molecule has 3 nitrogen and oxygen atoms in total. The number of hydrogen-bond donors (Lipinski definition) is 2. The van der Waals surface area contributed by atoms with Crippen molar-refractivity contribution in [2.24, 2.45) is 0 Å². The molecule has 1 aliphatic heterocycles. The van der Waals surface area contributed by atoms with Crippen LogP contribution in [-0.4, -0.2) is 42.2 Å². The summed E-state index contributed by atoms with van der Waals surface area (Å²) in [4.78, 5) is 13.7. The van der Waals surface area contributed by atoms with Crippen molar-refractivity contribution in [3.05, 3.63) is 0 Å². The lowest BCUT2D eigenvalue weighted by Crippen LogP contribution is -2.46. The summed E-state index contributed by atoms with van der Waals surface area (Å²) in [5.41, 5.74) is 0. The first kappa shape index (κ1) is 11.9. The van der Waals surface area contributed by atoms with E-state index < -0.39 is 0 Å². The maximum Gasteiger partial charge on any atom is 0.223 e. The Labute approximate surface area is 91.6 Å². The summed E-state index contributed by atoms with van der Waals surface area (Å²) in [7, 11) is 0. The SMILES string of the molecule is CCN(C(=O)CCS)C1CCNCC1. The molecule has 14 heavy (non-hydrogen) atoms. The fourth-order valence-electron chi connectivity index (χ4n) is 2.00. The zero-order valence-corrected chi connectivity index (χ0v) is 9.72. The number of carbonyl (C=O) groups is 1. The summed E-state index contributed by atoms with van der Waals surface area (Å²) >= 11 is 4.10. The van der Waals surface area contributed by atoms with Crippen LogP contribution in [0.2, 0.25) is 0 Å². The average Bonchev–Trinajstić information content (AvgIpc) is 2.21. The summed E-state index contributed by atoms with van der Waals surface area (Å²) in [6.45, 7) is 4.96. The molecule has 82 valence electrons. The molecule has 1 N–H and O–H groups in total. The highest BCUT2D eigenvalue weighted by atomic mass is 32.1. The van der Waals surface area contributed by atoms with E-state index in [0.29, 0.717) is 18.2 Å². The Bertz CT molecular complexity index is 181. The van der Waals surface area contributed by atoms with Crippen LogP contribution < -0.4 is 5.32 Å². The van der Waals surface area contributed by atoms with Gasteiger partial charge in [0.25, 0.3) is 0 Å². The highest BCUT2D eigenvalue weighted by Gasteiger charge is 2.22. The van der Waals surface area contributed by atoms with Crippen molar-refractivity contribution < 1.29 is 4.79 Å². The van der Waals surface area contributed by atoms with Crippen molar-refractivity contribution in [1.82, 2.24) is 10.2 Å². The number of rotatable bonds is 4. The van der Waals surface area contributed by atoms with Crippen molar-refractivity contribution in [2.75, 3.05) is 25.4 Å². The zero-order chi connectivity index (χ0) is 10.4. The Kier molecular flexibility index (Phi) is 5.33. The summed E-state index contributed by atoms with van der Waals surface area (Å²) in [6, 6.07) is 0.452. The van der Waals surface area contributed by atoms with Gasteiger partial charge >= 0.3 is 0 Å². The normalized spacial score (nSPS) is 18.1. The van der Waals surface area contributed by atoms with Gasteiger partial charge in [0.1, 0.15) is 0 Å². The van der Waals surface area contributed by atoms with Gasteiger partial charge in [0, 0.05) is 19.0 Å². The third kappa shape index (κ3) is 3.17. The van der Waals surface area contributed by atoms with Gasteiger partial charge in [-0.3, -0.25) is 4.79 Å². The van der Waals surface area contributed by atoms with Crippen LogP contribution in [0.15, 0.2) is 0 Å². The van der Waals surface area contributed by atoms with Gasteiger partial charge in [-0.25, -0.2) is 0 Å². The zero-order valence-electron chi connectivity index (χ0n) is 8.83. The lowest BCUT2D eigenvalue weighted by molar-refractivity contribution is -0.133. The molecule has 0 unspecified atom stereocenters. The van der Waals surface area contributed by atoms with Crippen LogP contribution in [0, 0.1) is 0 Å². The minimum absolute atomic E-state index is 0.259. The number of nitrogens with one attached hydrogen (secondary N) is 1. The van der Waals surface area contributed by atoms with Crippen LogP contribution in [0.3, 0.4) is 0 Å². The number of amides is 1. The van der Waals surface area contributed by atoms with Gasteiger partial charge in [-0.05, 0) is 38.6 Å². The van der Waals surface area contributed by atoms with Crippen LogP contribution in [0.1, 0.15) is 26.2 Å². The van der Waals surface area contributed by atoms with E-state index >= 15 is 0 Å². The number of piperidine rings is 1. The molecule has 1 rings (SSSR count). The van der Waals surface area contributed by atoms with Crippen LogP contribution in [0.4, 0.5) is 0 Å². The quantitative estimate of drug-likeness (QED) is 0.685. The molecule has 0 saturated carbocycles. The van der Waals surface area contributed by atoms with E-state index in [1.54, 1.807) is 0 Å². The molecular formula is C10H20N2OS. The fraction of sp³-hybridized carbons (Fsp3) is 0.900. The van der Waals surface area contributed by atoms with Gasteiger partial charge in [-0.2, -0.15) is 12.6 Å². The Morgan fingerprint density at radius 2 is 2.14 bits per heavy atom. The molecule has 0 bridgehead atoms. The van der Waals surface area contributed by atoms with E-state index in [0.717, 1.165) is 32.5 Å². The first-order chi connectivity index (χ1) is 6.79. The van der Waals surface area contributed by atoms with E-state index in [-0.39, 0.29) is 5.91 Å². The largest absolute Gasteiger partial charge is 0.340 e. The fourth-order valence-corrected chi connectivity index (χ4v) is 2.19. The summed E-state index contributed by atoms with van der Waals surface area (Å²) < 4.78 is 0. The monoisotopic (exact) mass is 216 g/mol. The van der Waals surface area contributed by atoms with Crippen LogP contribution >= 0.6 is 12.6 Å². The maximum absolute atomic E-state index is 11.7. The van der Waals surface area contributed by atoms with Crippen molar-refractivity contribution in [1.29, 1.82) is 0 Å². The molecule has 4 heteroatoms. The molecule has 0 aliphatic carbocycles. The molecule has 0 spiro atoms. The van der Waals surface area contributed by atoms with E-state index in [1.807, 2.05) is 4.90 Å². The molecule has 0 aromatic rings. The molecule has 1 aliphatic rings. The van der Waals surface area contributed by atoms with Gasteiger partial charge in [-0.1, -0.05) is 0 Å². The van der Waals surface area contributed by atoms with Gasteiger partial charge in [0.05, 0.1) is 0 Å². The average molecular weight is 216 g/mol. The lowest BCUT2D eigenvalue weighted by Gasteiger charge is -2.34. The second kappa shape index (κ2) is 6.30. The minimum Gasteiger partial charge on any atom is -0.340 e. The van der Waals surface area contributed by atoms with E-state index in [2.05, 4.69) is 24.9 Å². The minimum atomic E-state index is 0.259. The predicted molar refractivity (Wildman–Crippen MR) is 61.7 cm³/mol.